The molecule has 0 radical (unpaired) electrons. The third-order valence-electron chi connectivity index (χ3n) is 4.46. The van der Waals surface area contributed by atoms with Crippen LogP contribution in [-0.2, 0) is 41.0 Å². The maximum Gasteiger partial charge on any atom is 0.356 e. The molecule has 3 heterocycles. The quantitative estimate of drug-likeness (QED) is 0.312. The zero-order chi connectivity index (χ0) is 23.3. The summed E-state index contributed by atoms with van der Waals surface area (Å²) in [6.07, 6.45) is 2.46. The number of hydrogen-bond donors (Lipinski definition) is 2. The second kappa shape index (κ2) is 10.0. The summed E-state index contributed by atoms with van der Waals surface area (Å²) in [4.78, 5) is 22.4. The molecule has 1 atom stereocenters. The van der Waals surface area contributed by atoms with Crippen molar-refractivity contribution >= 4 is 24.7 Å². The van der Waals surface area contributed by atoms with E-state index in [4.69, 9.17) is 29.0 Å². The van der Waals surface area contributed by atoms with Crippen molar-refractivity contribution in [3.8, 4) is 0 Å². The van der Waals surface area contributed by atoms with Gasteiger partial charge in [-0.3, -0.25) is 18.9 Å². The van der Waals surface area contributed by atoms with Gasteiger partial charge in [0.15, 0.2) is 16.9 Å². The Bertz CT molecular complexity index is 1270. The normalized spacial score (nSPS) is 15.2. The molecule has 0 aliphatic carbocycles. The number of nitrogen functional groups attached to an aromatic ring is 1. The number of anilines is 1. The Morgan fingerprint density at radius 2 is 2.00 bits per heavy atom. The van der Waals surface area contributed by atoms with Crippen LogP contribution in [0.2, 0.25) is 0 Å². The number of fused-ring (bicyclic) bond motifs is 1. The highest BCUT2D eigenvalue weighted by Gasteiger charge is 2.27. The highest BCUT2D eigenvalue weighted by molar-refractivity contribution is 7.53. The van der Waals surface area contributed by atoms with Crippen molar-refractivity contribution in [3.63, 3.8) is 0 Å². The van der Waals surface area contributed by atoms with Gasteiger partial charge in [0.05, 0.1) is 19.5 Å². The van der Waals surface area contributed by atoms with Crippen LogP contribution in [0.5, 0.6) is 0 Å². The molecular weight excluding hydrogens is 453 g/mol. The predicted molar refractivity (Wildman–Crippen MR) is 118 cm³/mol. The minimum atomic E-state index is -3.67. The number of imidazole rings is 1. The second-order valence-electron chi connectivity index (χ2n) is 6.92. The molecule has 174 valence electrons. The van der Waals surface area contributed by atoms with Crippen molar-refractivity contribution in [2.75, 3.05) is 25.3 Å². The fourth-order valence-electron chi connectivity index (χ4n) is 2.88. The molecule has 1 aromatic carbocycles. The van der Waals surface area contributed by atoms with E-state index in [2.05, 4.69) is 21.5 Å². The van der Waals surface area contributed by atoms with Gasteiger partial charge in [0, 0.05) is 6.54 Å². The molecule has 1 aliphatic rings. The Labute approximate surface area is 188 Å². The van der Waals surface area contributed by atoms with E-state index in [0.29, 0.717) is 11.4 Å². The zero-order valence-electron chi connectivity index (χ0n) is 17.5. The minimum Gasteiger partial charge on any atom is -0.431 e. The minimum absolute atomic E-state index is 0.0162. The zero-order valence-corrected chi connectivity index (χ0v) is 18.4. The maximum atomic E-state index is 13.3. The number of nitrogens with zero attached hydrogens (tertiary/aromatic N) is 3. The number of nitrogens with two attached hydrogens (primary N) is 1. The molecule has 4 rings (SSSR count). The Morgan fingerprint density at radius 1 is 1.21 bits per heavy atom. The van der Waals surface area contributed by atoms with Crippen molar-refractivity contribution in [3.05, 3.63) is 77.1 Å². The van der Waals surface area contributed by atoms with E-state index in [1.807, 2.05) is 30.3 Å². The Balaban J connectivity index is 1.36. The molecule has 1 aliphatic heterocycles. The van der Waals surface area contributed by atoms with Crippen LogP contribution in [0.25, 0.3) is 11.2 Å². The fourth-order valence-corrected chi connectivity index (χ4v) is 4.13. The highest BCUT2D eigenvalue weighted by atomic mass is 31.2. The number of ether oxygens (including phenoxy) is 3. The molecule has 0 saturated heterocycles. The number of aromatic amines is 1. The SMILES string of the molecule is C=C1OC=C(COP(=O)(COCCn2cnc3c(=O)[nH]c(N)nc32)OCc2ccccc2)O1. The summed E-state index contributed by atoms with van der Waals surface area (Å²) in [5.41, 5.74) is 6.49. The topological polar surface area (TPSA) is 153 Å². The van der Waals surface area contributed by atoms with Gasteiger partial charge in [0.1, 0.15) is 19.2 Å². The smallest absolute Gasteiger partial charge is 0.356 e. The number of aromatic nitrogens is 4. The van der Waals surface area contributed by atoms with Crippen LogP contribution in [0.15, 0.2) is 66.0 Å². The monoisotopic (exact) mass is 475 g/mol. The van der Waals surface area contributed by atoms with Gasteiger partial charge in [-0.1, -0.05) is 30.3 Å². The summed E-state index contributed by atoms with van der Waals surface area (Å²) in [5, 5.41) is 0. The Kier molecular flexibility index (Phi) is 6.90. The van der Waals surface area contributed by atoms with E-state index in [0.717, 1.165) is 5.56 Å². The molecule has 13 heteroatoms. The molecule has 0 amide bonds. The van der Waals surface area contributed by atoms with Crippen LogP contribution >= 0.6 is 7.60 Å². The van der Waals surface area contributed by atoms with Crippen LogP contribution in [0, 0.1) is 0 Å². The first-order valence-electron chi connectivity index (χ1n) is 9.85. The molecule has 33 heavy (non-hydrogen) atoms. The number of benzene rings is 1. The van der Waals surface area contributed by atoms with E-state index < -0.39 is 13.2 Å². The van der Waals surface area contributed by atoms with E-state index in [-0.39, 0.29) is 50.1 Å². The molecule has 0 bridgehead atoms. The van der Waals surface area contributed by atoms with Gasteiger partial charge in [-0.15, -0.1) is 0 Å². The van der Waals surface area contributed by atoms with Gasteiger partial charge >= 0.3 is 7.60 Å². The Morgan fingerprint density at radius 3 is 2.76 bits per heavy atom. The van der Waals surface area contributed by atoms with E-state index in [9.17, 15) is 9.36 Å². The second-order valence-corrected chi connectivity index (χ2v) is 8.91. The first-order chi connectivity index (χ1) is 15.9. The van der Waals surface area contributed by atoms with Crippen molar-refractivity contribution in [1.82, 2.24) is 19.5 Å². The van der Waals surface area contributed by atoms with E-state index in [1.165, 1.54) is 12.6 Å². The van der Waals surface area contributed by atoms with Gasteiger partial charge in [-0.05, 0) is 12.1 Å². The van der Waals surface area contributed by atoms with Crippen LogP contribution in [0.4, 0.5) is 5.95 Å². The van der Waals surface area contributed by atoms with Crippen LogP contribution in [-0.4, -0.2) is 39.1 Å². The van der Waals surface area contributed by atoms with Gasteiger partial charge in [-0.2, -0.15) is 4.98 Å². The summed E-state index contributed by atoms with van der Waals surface area (Å²) in [5.74, 6) is 0.394. The first kappa shape index (κ1) is 22.7. The first-order valence-corrected chi connectivity index (χ1v) is 11.6. The largest absolute Gasteiger partial charge is 0.431 e. The molecule has 0 fully saturated rings. The van der Waals surface area contributed by atoms with Gasteiger partial charge < -0.3 is 29.0 Å². The summed E-state index contributed by atoms with van der Waals surface area (Å²) < 4.78 is 41.8. The van der Waals surface area contributed by atoms with Gasteiger partial charge in [0.25, 0.3) is 11.5 Å². The number of rotatable bonds is 11. The molecular formula is C20H22N5O7P. The molecule has 2 aromatic heterocycles. The number of hydrogen-bond acceptors (Lipinski definition) is 10. The highest BCUT2D eigenvalue weighted by Crippen LogP contribution is 2.49. The predicted octanol–water partition coefficient (Wildman–Crippen LogP) is 2.46. The van der Waals surface area contributed by atoms with Crippen molar-refractivity contribution in [1.29, 1.82) is 0 Å². The summed E-state index contributed by atoms with van der Waals surface area (Å²) in [6.45, 7) is 3.86. The van der Waals surface area contributed by atoms with E-state index >= 15 is 0 Å². The van der Waals surface area contributed by atoms with Crippen LogP contribution in [0.1, 0.15) is 5.56 Å². The molecule has 0 spiro atoms. The fraction of sp³-hybridized carbons (Fsp3) is 0.250. The summed E-state index contributed by atoms with van der Waals surface area (Å²) in [7, 11) is -3.67. The van der Waals surface area contributed by atoms with E-state index in [1.54, 1.807) is 4.57 Å². The molecule has 12 nitrogen and oxygen atoms in total. The average Bonchev–Trinajstić information content (AvgIpc) is 3.41. The van der Waals surface area contributed by atoms with Gasteiger partial charge in [-0.25, -0.2) is 4.98 Å². The lowest BCUT2D eigenvalue weighted by molar-refractivity contribution is 0.114. The lowest BCUT2D eigenvalue weighted by Gasteiger charge is -2.19. The average molecular weight is 475 g/mol. The molecule has 3 aromatic rings. The van der Waals surface area contributed by atoms with Crippen LogP contribution < -0.4 is 11.3 Å². The van der Waals surface area contributed by atoms with Crippen molar-refractivity contribution in [2.24, 2.45) is 0 Å². The summed E-state index contributed by atoms with van der Waals surface area (Å²) >= 11 is 0. The molecule has 1 unspecified atom stereocenters. The molecule has 3 N–H and O–H groups in total. The standard InChI is InChI=1S/C20H22N5O7P/c1-14-29-10-16(32-14)11-31-33(27,30-9-15-5-3-2-4-6-15)13-28-8-7-25-12-22-17-18(25)23-20(21)24-19(17)26/h2-6,10,12H,1,7-9,11,13H2,(H3,21,23,24,26). The van der Waals surface area contributed by atoms with Gasteiger partial charge in [0.2, 0.25) is 5.95 Å². The van der Waals surface area contributed by atoms with Crippen molar-refractivity contribution < 1.29 is 27.8 Å². The number of H-pyrrole nitrogens is 1. The third-order valence-corrected chi connectivity index (χ3v) is 6.00. The van der Waals surface area contributed by atoms with Crippen molar-refractivity contribution in [2.45, 2.75) is 13.2 Å². The van der Waals surface area contributed by atoms with Crippen LogP contribution in [0.3, 0.4) is 0 Å². The lowest BCUT2D eigenvalue weighted by atomic mass is 10.2. The molecule has 0 saturated carbocycles. The lowest BCUT2D eigenvalue weighted by Crippen LogP contribution is -2.13. The number of nitrogens with one attached hydrogen (secondary N) is 1. The summed E-state index contributed by atoms with van der Waals surface area (Å²) in [6, 6.07) is 9.26. The third kappa shape index (κ3) is 5.88. The Hall–Kier alpha value is -3.44. The maximum absolute atomic E-state index is 13.3.